The van der Waals surface area contributed by atoms with Gasteiger partial charge in [0.1, 0.15) is 0 Å². The molecule has 0 aromatic heterocycles. The van der Waals surface area contributed by atoms with E-state index in [1.807, 2.05) is 0 Å². The summed E-state index contributed by atoms with van der Waals surface area (Å²) < 4.78 is 0. The third-order valence-electron chi connectivity index (χ3n) is 1.51. The molecule has 0 bridgehead atoms. The average Bonchev–Trinajstić information content (AvgIpc) is 1.85. The number of aliphatic hydroxyl groups is 1. The van der Waals surface area contributed by atoms with Crippen LogP contribution in [0, 0.1) is 0 Å². The highest BCUT2D eigenvalue weighted by Gasteiger charge is 2.37. The molecule has 0 fully saturated rings. The summed E-state index contributed by atoms with van der Waals surface area (Å²) in [6, 6.07) is 0. The van der Waals surface area contributed by atoms with Crippen molar-refractivity contribution in [2.75, 3.05) is 0 Å². The van der Waals surface area contributed by atoms with E-state index in [0.717, 1.165) is 0 Å². The molecule has 0 aliphatic carbocycles. The number of carboxylic acids is 2. The Morgan fingerprint density at radius 1 is 1.33 bits per heavy atom. The summed E-state index contributed by atoms with van der Waals surface area (Å²) >= 11 is 0. The predicted octanol–water partition coefficient (Wildman–Crippen LogP) is 0.0769. The Hall–Kier alpha value is -1.10. The maximum absolute atomic E-state index is 10.4. The van der Waals surface area contributed by atoms with E-state index >= 15 is 0 Å². The molecule has 0 amide bonds. The molecule has 1 atom stereocenters. The van der Waals surface area contributed by atoms with Gasteiger partial charge >= 0.3 is 11.9 Å². The zero-order chi connectivity index (χ0) is 9.78. The Bertz CT molecular complexity index is 188. The van der Waals surface area contributed by atoms with E-state index in [1.54, 1.807) is 6.92 Å². The van der Waals surface area contributed by atoms with E-state index in [1.165, 1.54) is 0 Å². The summed E-state index contributed by atoms with van der Waals surface area (Å²) in [6.45, 7) is 1.68. The van der Waals surface area contributed by atoms with Gasteiger partial charge in [-0.1, -0.05) is 13.3 Å². The minimum Gasteiger partial charge on any atom is -0.481 e. The van der Waals surface area contributed by atoms with Gasteiger partial charge in [0.25, 0.3) is 0 Å². The highest BCUT2D eigenvalue weighted by Crippen LogP contribution is 2.17. The highest BCUT2D eigenvalue weighted by molar-refractivity contribution is 5.83. The Morgan fingerprint density at radius 2 is 1.83 bits per heavy atom. The number of hydrogen-bond acceptors (Lipinski definition) is 3. The quantitative estimate of drug-likeness (QED) is 0.551. The lowest BCUT2D eigenvalue weighted by atomic mass is 9.94. The van der Waals surface area contributed by atoms with Gasteiger partial charge in [-0.05, 0) is 6.42 Å². The van der Waals surface area contributed by atoms with Crippen molar-refractivity contribution in [3.8, 4) is 0 Å². The summed E-state index contributed by atoms with van der Waals surface area (Å²) in [7, 11) is 0. The fourth-order valence-electron chi connectivity index (χ4n) is 0.935. The molecule has 0 aromatic rings. The molecule has 70 valence electrons. The zero-order valence-corrected chi connectivity index (χ0v) is 6.78. The second-order valence-electron chi connectivity index (χ2n) is 2.66. The molecule has 0 aromatic carbocycles. The van der Waals surface area contributed by atoms with Crippen LogP contribution in [-0.4, -0.2) is 32.9 Å². The fraction of sp³-hybridized carbons (Fsp3) is 0.714. The van der Waals surface area contributed by atoms with E-state index in [4.69, 9.17) is 10.2 Å². The number of carboxylic acid groups (broad SMARTS) is 2. The van der Waals surface area contributed by atoms with Crippen molar-refractivity contribution >= 4 is 11.9 Å². The Balaban J connectivity index is 4.38. The second-order valence-corrected chi connectivity index (χ2v) is 2.66. The van der Waals surface area contributed by atoms with Crippen LogP contribution in [0.2, 0.25) is 0 Å². The summed E-state index contributed by atoms with van der Waals surface area (Å²) in [5.41, 5.74) is -2.11. The van der Waals surface area contributed by atoms with Gasteiger partial charge in [-0.15, -0.1) is 0 Å². The van der Waals surface area contributed by atoms with Crippen LogP contribution in [0.25, 0.3) is 0 Å². The van der Waals surface area contributed by atoms with Gasteiger partial charge in [-0.3, -0.25) is 4.79 Å². The SMILES string of the molecule is CCC[C@@](O)(CC(=O)O)C(=O)O. The summed E-state index contributed by atoms with van der Waals surface area (Å²) in [5.74, 6) is -2.79. The first-order valence-corrected chi connectivity index (χ1v) is 3.60. The van der Waals surface area contributed by atoms with Crippen molar-refractivity contribution in [1.82, 2.24) is 0 Å². The van der Waals surface area contributed by atoms with Crippen LogP contribution in [0.5, 0.6) is 0 Å². The van der Waals surface area contributed by atoms with Crippen LogP contribution in [0.1, 0.15) is 26.2 Å². The number of aliphatic carboxylic acids is 2. The van der Waals surface area contributed by atoms with E-state index in [2.05, 4.69) is 0 Å². The van der Waals surface area contributed by atoms with E-state index in [9.17, 15) is 14.7 Å². The van der Waals surface area contributed by atoms with E-state index in [0.29, 0.717) is 6.42 Å². The molecule has 0 unspecified atom stereocenters. The van der Waals surface area contributed by atoms with Gasteiger partial charge in [0.05, 0.1) is 6.42 Å². The van der Waals surface area contributed by atoms with Gasteiger partial charge in [-0.25, -0.2) is 4.79 Å². The monoisotopic (exact) mass is 176 g/mol. The smallest absolute Gasteiger partial charge is 0.336 e. The molecule has 12 heavy (non-hydrogen) atoms. The van der Waals surface area contributed by atoms with Gasteiger partial charge in [-0.2, -0.15) is 0 Å². The lowest BCUT2D eigenvalue weighted by Gasteiger charge is -2.19. The number of hydrogen-bond donors (Lipinski definition) is 3. The third kappa shape index (κ3) is 2.87. The molecular formula is C7H12O5. The van der Waals surface area contributed by atoms with Crippen LogP contribution in [0.4, 0.5) is 0 Å². The minimum absolute atomic E-state index is 0.0470. The van der Waals surface area contributed by atoms with Crippen molar-refractivity contribution in [2.45, 2.75) is 31.8 Å². The van der Waals surface area contributed by atoms with Crippen molar-refractivity contribution < 1.29 is 24.9 Å². The molecule has 0 aliphatic rings. The third-order valence-corrected chi connectivity index (χ3v) is 1.51. The molecular weight excluding hydrogens is 164 g/mol. The summed E-state index contributed by atoms with van der Waals surface area (Å²) in [4.78, 5) is 20.6. The largest absolute Gasteiger partial charge is 0.481 e. The molecule has 0 aliphatic heterocycles. The highest BCUT2D eigenvalue weighted by atomic mass is 16.4. The molecule has 0 radical (unpaired) electrons. The van der Waals surface area contributed by atoms with Crippen LogP contribution in [-0.2, 0) is 9.59 Å². The van der Waals surface area contributed by atoms with Gasteiger partial charge < -0.3 is 15.3 Å². The van der Waals surface area contributed by atoms with Crippen molar-refractivity contribution in [1.29, 1.82) is 0 Å². The zero-order valence-electron chi connectivity index (χ0n) is 6.78. The standard InChI is InChI=1S/C7H12O5/c1-2-3-7(12,6(10)11)4-5(8)9/h12H,2-4H2,1H3,(H,8,9)(H,10,11)/t7-/m1/s1. The maximum Gasteiger partial charge on any atom is 0.336 e. The van der Waals surface area contributed by atoms with Crippen LogP contribution in [0.3, 0.4) is 0 Å². The van der Waals surface area contributed by atoms with Crippen molar-refractivity contribution in [3.63, 3.8) is 0 Å². The van der Waals surface area contributed by atoms with Crippen LogP contribution in [0.15, 0.2) is 0 Å². The molecule has 0 saturated carbocycles. The first-order chi connectivity index (χ1) is 5.42. The Morgan fingerprint density at radius 3 is 2.08 bits per heavy atom. The normalized spacial score (nSPS) is 15.2. The van der Waals surface area contributed by atoms with Gasteiger partial charge in [0.15, 0.2) is 5.60 Å². The van der Waals surface area contributed by atoms with Crippen LogP contribution >= 0.6 is 0 Å². The number of rotatable bonds is 5. The van der Waals surface area contributed by atoms with E-state index < -0.39 is 24.0 Å². The molecule has 5 heteroatoms. The minimum atomic E-state index is -2.11. The molecule has 5 nitrogen and oxygen atoms in total. The lowest BCUT2D eigenvalue weighted by molar-refractivity contribution is -0.166. The van der Waals surface area contributed by atoms with Crippen molar-refractivity contribution in [2.24, 2.45) is 0 Å². The molecule has 3 N–H and O–H groups in total. The van der Waals surface area contributed by atoms with Gasteiger partial charge in [0.2, 0.25) is 0 Å². The maximum atomic E-state index is 10.4. The first kappa shape index (κ1) is 10.9. The summed E-state index contributed by atoms with van der Waals surface area (Å²) in [6.07, 6.45) is -0.374. The predicted molar refractivity (Wildman–Crippen MR) is 39.7 cm³/mol. The molecule has 0 saturated heterocycles. The molecule has 0 heterocycles. The second kappa shape index (κ2) is 4.06. The summed E-state index contributed by atoms with van der Waals surface area (Å²) in [5, 5.41) is 26.1. The molecule has 0 spiro atoms. The van der Waals surface area contributed by atoms with E-state index in [-0.39, 0.29) is 6.42 Å². The first-order valence-electron chi connectivity index (χ1n) is 3.60. The fourth-order valence-corrected chi connectivity index (χ4v) is 0.935. The van der Waals surface area contributed by atoms with Crippen molar-refractivity contribution in [3.05, 3.63) is 0 Å². The average molecular weight is 176 g/mol. The number of carbonyl (C=O) groups is 2. The van der Waals surface area contributed by atoms with Gasteiger partial charge in [0, 0.05) is 0 Å². The Labute approximate surface area is 69.6 Å². The Kier molecular flexibility index (Phi) is 3.69. The van der Waals surface area contributed by atoms with Crippen LogP contribution < -0.4 is 0 Å². The lowest BCUT2D eigenvalue weighted by Crippen LogP contribution is -2.40. The molecule has 0 rings (SSSR count). The topological polar surface area (TPSA) is 94.8 Å².